The molecule has 0 bridgehead atoms. The molecule has 0 fully saturated rings. The van der Waals surface area contributed by atoms with Gasteiger partial charge in [-0.2, -0.15) is 0 Å². The minimum Gasteiger partial charge on any atom is -0.530 e. The number of para-hydroxylation sites is 1. The number of carbonyl (C=O) groups is 1. The predicted molar refractivity (Wildman–Crippen MR) is 91.0 cm³/mol. The molecule has 2 aromatic carbocycles. The Morgan fingerprint density at radius 2 is 2.00 bits per heavy atom. The Morgan fingerprint density at radius 3 is 2.73 bits per heavy atom. The Bertz CT molecular complexity index is 858. The van der Waals surface area contributed by atoms with Crippen LogP contribution in [0.3, 0.4) is 0 Å². The largest absolute Gasteiger partial charge is 0.530 e. The third-order valence-corrected chi connectivity index (χ3v) is 4.69. The molecule has 0 radical (unpaired) electrons. The highest BCUT2D eigenvalue weighted by Gasteiger charge is 2.16. The van der Waals surface area contributed by atoms with Crippen molar-refractivity contribution < 1.29 is 14.3 Å². The van der Waals surface area contributed by atoms with Crippen molar-refractivity contribution >= 4 is 54.6 Å². The molecule has 1 heterocycles. The van der Waals surface area contributed by atoms with Gasteiger partial charge in [0.1, 0.15) is 11.7 Å². The van der Waals surface area contributed by atoms with Crippen molar-refractivity contribution in [1.82, 2.24) is 0 Å². The zero-order valence-electron chi connectivity index (χ0n) is 11.2. The minimum absolute atomic E-state index is 0.419. The van der Waals surface area contributed by atoms with E-state index < -0.39 is 6.09 Å². The Hall–Kier alpha value is -1.79. The molecule has 0 unspecified atom stereocenters. The smallest absolute Gasteiger partial charge is 0.151 e. The number of halogens is 2. The van der Waals surface area contributed by atoms with Crippen LogP contribution in [-0.2, 0) is 5.33 Å². The molecule has 3 aromatic rings. The molecule has 0 saturated heterocycles. The molecule has 1 N–H and O–H groups in total. The maximum atomic E-state index is 10.8. The number of amides is 1. The number of carbonyl (C=O) groups excluding carboxylic acids is 1. The number of rotatable bonds is 3. The molecule has 112 valence electrons. The number of carboxylic acid groups (broad SMARTS) is 1. The predicted octanol–water partition coefficient (Wildman–Crippen LogP) is 4.51. The third-order valence-electron chi connectivity index (χ3n) is 3.25. The van der Waals surface area contributed by atoms with Crippen LogP contribution in [0, 0.1) is 0 Å². The molecule has 6 heteroatoms. The van der Waals surface area contributed by atoms with Gasteiger partial charge in [0, 0.05) is 16.3 Å². The van der Waals surface area contributed by atoms with Crippen LogP contribution in [-0.4, -0.2) is 6.09 Å². The molecule has 0 saturated carbocycles. The first-order chi connectivity index (χ1) is 10.6. The molecule has 0 aliphatic carbocycles. The van der Waals surface area contributed by atoms with Gasteiger partial charge in [0.2, 0.25) is 0 Å². The highest BCUT2D eigenvalue weighted by Crippen LogP contribution is 2.40. The second-order valence-electron chi connectivity index (χ2n) is 4.67. The second kappa shape index (κ2) is 6.14. The highest BCUT2D eigenvalue weighted by atomic mass is 79.9. The number of hydrogen-bond acceptors (Lipinski definition) is 3. The molecule has 1 aromatic heterocycles. The lowest BCUT2D eigenvalue weighted by Gasteiger charge is -2.10. The van der Waals surface area contributed by atoms with E-state index in [0.717, 1.165) is 26.3 Å². The van der Waals surface area contributed by atoms with Crippen molar-refractivity contribution in [2.45, 2.75) is 5.33 Å². The van der Waals surface area contributed by atoms with Gasteiger partial charge in [-0.05, 0) is 45.8 Å². The lowest BCUT2D eigenvalue weighted by atomic mass is 10.1. The number of nitrogens with one attached hydrogen (secondary N) is 1. The normalized spacial score (nSPS) is 10.8. The second-order valence-corrected chi connectivity index (χ2v) is 6.02. The van der Waals surface area contributed by atoms with Crippen molar-refractivity contribution in [2.24, 2.45) is 0 Å². The fourth-order valence-electron chi connectivity index (χ4n) is 2.27. The van der Waals surface area contributed by atoms with E-state index in [9.17, 15) is 9.90 Å². The van der Waals surface area contributed by atoms with Gasteiger partial charge < -0.3 is 19.6 Å². The summed E-state index contributed by atoms with van der Waals surface area (Å²) >= 11 is 6.98. The molecule has 3 rings (SSSR count). The molecular weight excluding hydrogens is 414 g/mol. The van der Waals surface area contributed by atoms with E-state index >= 15 is 0 Å². The van der Waals surface area contributed by atoms with E-state index in [1.165, 1.54) is 0 Å². The van der Waals surface area contributed by atoms with Crippen molar-refractivity contribution in [1.29, 1.82) is 0 Å². The highest BCUT2D eigenvalue weighted by molar-refractivity contribution is 9.10. The summed E-state index contributed by atoms with van der Waals surface area (Å²) in [6.07, 6.45) is -1.36. The molecule has 0 aliphatic rings. The SMILES string of the molecule is O=C([O-])Nc1ccccc1-c1oc2ccc(CBr)cc2c1Br. The fourth-order valence-corrected chi connectivity index (χ4v) is 3.22. The summed E-state index contributed by atoms with van der Waals surface area (Å²) in [6.45, 7) is 0. The number of fused-ring (bicyclic) bond motifs is 1. The van der Waals surface area contributed by atoms with Crippen LogP contribution in [0.1, 0.15) is 5.56 Å². The van der Waals surface area contributed by atoms with Gasteiger partial charge in [0.15, 0.2) is 5.76 Å². The summed E-state index contributed by atoms with van der Waals surface area (Å²) in [5.74, 6) is 0.575. The molecule has 0 aliphatic heterocycles. The number of anilines is 1. The quantitative estimate of drug-likeness (QED) is 0.630. The van der Waals surface area contributed by atoms with E-state index in [0.29, 0.717) is 17.0 Å². The molecule has 0 atom stereocenters. The molecule has 1 amide bonds. The van der Waals surface area contributed by atoms with Gasteiger partial charge >= 0.3 is 0 Å². The van der Waals surface area contributed by atoms with Gasteiger partial charge in [-0.3, -0.25) is 0 Å². The number of alkyl halides is 1. The fraction of sp³-hybridized carbons (Fsp3) is 0.0625. The molecule has 4 nitrogen and oxygen atoms in total. The zero-order valence-corrected chi connectivity index (χ0v) is 14.4. The van der Waals surface area contributed by atoms with E-state index in [1.54, 1.807) is 18.2 Å². The maximum absolute atomic E-state index is 10.8. The number of benzene rings is 2. The van der Waals surface area contributed by atoms with Gasteiger partial charge in [0.25, 0.3) is 0 Å². The molecule has 22 heavy (non-hydrogen) atoms. The van der Waals surface area contributed by atoms with Gasteiger partial charge in [0.05, 0.1) is 10.2 Å². The van der Waals surface area contributed by atoms with Crippen LogP contribution >= 0.6 is 31.9 Å². The van der Waals surface area contributed by atoms with Crippen LogP contribution in [0.25, 0.3) is 22.3 Å². The average Bonchev–Trinajstić information content (AvgIpc) is 2.84. The Labute approximate surface area is 143 Å². The van der Waals surface area contributed by atoms with E-state index in [1.807, 2.05) is 24.3 Å². The van der Waals surface area contributed by atoms with Crippen LogP contribution in [0.15, 0.2) is 51.4 Å². The van der Waals surface area contributed by atoms with Gasteiger partial charge in [-0.15, -0.1) is 0 Å². The van der Waals surface area contributed by atoms with E-state index in [-0.39, 0.29) is 0 Å². The summed E-state index contributed by atoms with van der Waals surface area (Å²) < 4.78 is 6.68. The van der Waals surface area contributed by atoms with Gasteiger partial charge in [-0.25, -0.2) is 0 Å². The monoisotopic (exact) mass is 422 g/mol. The summed E-state index contributed by atoms with van der Waals surface area (Å²) in [6, 6.07) is 12.9. The standard InChI is InChI=1S/C16H11Br2NO3/c17-8-9-5-6-13-11(7-9)14(18)15(22-13)10-3-1-2-4-12(10)19-16(20)21/h1-7,19H,8H2,(H,20,21)/p-1. The Balaban J connectivity index is 2.18. The summed E-state index contributed by atoms with van der Waals surface area (Å²) in [7, 11) is 0. The van der Waals surface area contributed by atoms with E-state index in [4.69, 9.17) is 4.42 Å². The molecule has 0 spiro atoms. The topological polar surface area (TPSA) is 65.3 Å². The first kappa shape index (κ1) is 15.1. The minimum atomic E-state index is -1.36. The summed E-state index contributed by atoms with van der Waals surface area (Å²) in [4.78, 5) is 10.8. The average molecular weight is 424 g/mol. The first-order valence-electron chi connectivity index (χ1n) is 6.44. The van der Waals surface area contributed by atoms with Crippen LogP contribution in [0.5, 0.6) is 0 Å². The van der Waals surface area contributed by atoms with Crippen LogP contribution in [0.4, 0.5) is 10.5 Å². The maximum Gasteiger partial charge on any atom is 0.151 e. The lowest BCUT2D eigenvalue weighted by molar-refractivity contribution is -0.242. The Morgan fingerprint density at radius 1 is 1.23 bits per heavy atom. The summed E-state index contributed by atoms with van der Waals surface area (Å²) in [5, 5.41) is 14.8. The first-order valence-corrected chi connectivity index (χ1v) is 8.36. The summed E-state index contributed by atoms with van der Waals surface area (Å²) in [5.41, 5.74) is 2.93. The lowest BCUT2D eigenvalue weighted by Crippen LogP contribution is -2.28. The van der Waals surface area contributed by atoms with Crippen molar-refractivity contribution in [2.75, 3.05) is 5.32 Å². The van der Waals surface area contributed by atoms with E-state index in [2.05, 4.69) is 37.2 Å². The van der Waals surface area contributed by atoms with Crippen molar-refractivity contribution in [3.8, 4) is 11.3 Å². The van der Waals surface area contributed by atoms with Crippen LogP contribution in [0.2, 0.25) is 0 Å². The van der Waals surface area contributed by atoms with Crippen molar-refractivity contribution in [3.63, 3.8) is 0 Å². The third kappa shape index (κ3) is 2.76. The number of furan rings is 1. The molecular formula is C16H10Br2NO3-. The van der Waals surface area contributed by atoms with Crippen LogP contribution < -0.4 is 10.4 Å². The zero-order chi connectivity index (χ0) is 15.7. The Kier molecular flexibility index (Phi) is 4.22. The number of hydrogen-bond donors (Lipinski definition) is 1. The van der Waals surface area contributed by atoms with Crippen molar-refractivity contribution in [3.05, 3.63) is 52.5 Å². The van der Waals surface area contributed by atoms with Gasteiger partial charge in [-0.1, -0.05) is 34.1 Å².